The van der Waals surface area contributed by atoms with E-state index in [1.807, 2.05) is 0 Å². The molecule has 1 aromatic rings. The zero-order chi connectivity index (χ0) is 16.3. The molecule has 2 bridgehead atoms. The third kappa shape index (κ3) is 1.76. The number of amidine groups is 1. The third-order valence-corrected chi connectivity index (χ3v) is 8.41. The van der Waals surface area contributed by atoms with Gasteiger partial charge in [-0.25, -0.2) is 17.2 Å². The van der Waals surface area contributed by atoms with Gasteiger partial charge in [0.05, 0.1) is 5.25 Å². The van der Waals surface area contributed by atoms with Crippen LogP contribution in [0.3, 0.4) is 0 Å². The van der Waals surface area contributed by atoms with E-state index in [1.165, 1.54) is 18.2 Å². The molecule has 2 aliphatic rings. The van der Waals surface area contributed by atoms with Gasteiger partial charge in [-0.2, -0.15) is 0 Å². The highest BCUT2D eigenvalue weighted by molar-refractivity contribution is 9.10. The van der Waals surface area contributed by atoms with Crippen LogP contribution in [0.1, 0.15) is 25.3 Å². The second kappa shape index (κ2) is 4.74. The number of fused-ring (bicyclic) bond motifs is 2. The lowest BCUT2D eigenvalue weighted by molar-refractivity contribution is 0.414. The molecule has 3 rings (SSSR count). The van der Waals surface area contributed by atoms with Gasteiger partial charge in [-0.3, -0.25) is 4.99 Å². The predicted molar refractivity (Wildman–Crippen MR) is 83.7 cm³/mol. The predicted octanol–water partition coefficient (Wildman–Crippen LogP) is 2.46. The van der Waals surface area contributed by atoms with Crippen LogP contribution in [-0.4, -0.2) is 30.9 Å². The van der Waals surface area contributed by atoms with Crippen molar-refractivity contribution in [3.8, 4) is 0 Å². The highest BCUT2D eigenvalue weighted by Gasteiger charge is 2.65. The lowest BCUT2D eigenvalue weighted by Crippen LogP contribution is -2.58. The van der Waals surface area contributed by atoms with Gasteiger partial charge in [-0.15, -0.1) is 0 Å². The number of nitrogens with two attached hydrogens (primary N) is 1. The number of nitrogens with zero attached hydrogens (tertiary/aromatic N) is 1. The molecular weight excluding hydrogens is 378 g/mol. The lowest BCUT2D eigenvalue weighted by atomic mass is 9.87. The van der Waals surface area contributed by atoms with E-state index in [-0.39, 0.29) is 24.2 Å². The smallest absolute Gasteiger partial charge is 0.171 e. The van der Waals surface area contributed by atoms with Crippen molar-refractivity contribution in [1.82, 2.24) is 0 Å². The van der Waals surface area contributed by atoms with E-state index in [0.717, 1.165) is 0 Å². The van der Waals surface area contributed by atoms with Crippen LogP contribution in [0.5, 0.6) is 0 Å². The second-order valence-corrected chi connectivity index (χ2v) is 9.33. The summed E-state index contributed by atoms with van der Waals surface area (Å²) in [5, 5.41) is -0.980. The molecule has 4 nitrogen and oxygen atoms in total. The number of benzene rings is 1. The Morgan fingerprint density at radius 3 is 2.82 bits per heavy atom. The fourth-order valence-corrected chi connectivity index (χ4v) is 6.55. The molecule has 0 spiro atoms. The van der Waals surface area contributed by atoms with Crippen LogP contribution in [0.2, 0.25) is 0 Å². The van der Waals surface area contributed by atoms with Crippen molar-refractivity contribution in [3.05, 3.63) is 34.1 Å². The molecule has 1 saturated heterocycles. The molecule has 0 amide bonds. The molecule has 0 aromatic heterocycles. The molecule has 3 atom stereocenters. The lowest BCUT2D eigenvalue weighted by Gasteiger charge is -2.39. The van der Waals surface area contributed by atoms with E-state index >= 15 is 0 Å². The zero-order valence-corrected chi connectivity index (χ0v) is 14.2. The van der Waals surface area contributed by atoms with Crippen LogP contribution >= 0.6 is 15.9 Å². The van der Waals surface area contributed by atoms with Crippen LogP contribution < -0.4 is 5.73 Å². The molecule has 1 aromatic carbocycles. The minimum atomic E-state index is -3.89. The number of aliphatic imine (C=N–C) groups is 1. The van der Waals surface area contributed by atoms with E-state index in [2.05, 4.69) is 20.9 Å². The summed E-state index contributed by atoms with van der Waals surface area (Å²) in [5.74, 6) is -0.817. The fourth-order valence-electron chi connectivity index (χ4n) is 3.55. The van der Waals surface area contributed by atoms with Gasteiger partial charge < -0.3 is 5.73 Å². The van der Waals surface area contributed by atoms with E-state index < -0.39 is 37.9 Å². The first-order valence-electron chi connectivity index (χ1n) is 6.80. The standard InChI is InChI=1S/C14H15BrF2N2O2S/c1-13(9-6-8(15)2-3-10(9)17)11-4-5-14(7-16,12(18)19-13)22(11,20)21/h2-3,6,11H,4-5,7H2,1H3,(H2,18,19)/t11?,13-,14?/m1/s1. The van der Waals surface area contributed by atoms with Crippen molar-refractivity contribution in [1.29, 1.82) is 0 Å². The van der Waals surface area contributed by atoms with Crippen molar-refractivity contribution in [3.63, 3.8) is 0 Å². The Labute approximate surface area is 135 Å². The molecular formula is C14H15BrF2N2O2S. The molecule has 120 valence electrons. The zero-order valence-electron chi connectivity index (χ0n) is 11.8. The summed E-state index contributed by atoms with van der Waals surface area (Å²) in [6.07, 6.45) is 0.288. The highest BCUT2D eigenvalue weighted by atomic mass is 79.9. The average molecular weight is 393 g/mol. The minimum Gasteiger partial charge on any atom is -0.386 e. The molecule has 2 unspecified atom stereocenters. The maximum atomic E-state index is 14.3. The number of hydrogen-bond donors (Lipinski definition) is 1. The van der Waals surface area contributed by atoms with Crippen LogP contribution in [0.4, 0.5) is 8.78 Å². The summed E-state index contributed by atoms with van der Waals surface area (Å²) in [7, 11) is -3.89. The maximum Gasteiger partial charge on any atom is 0.171 e. The number of rotatable bonds is 2. The Kier molecular flexibility index (Phi) is 3.41. The SMILES string of the molecule is C[C@]1(c2cc(Br)ccc2F)N=C(N)C2(CF)CCC1S2(=O)=O. The molecule has 1 fully saturated rings. The average Bonchev–Trinajstić information content (AvgIpc) is 2.65. The second-order valence-electron chi connectivity index (χ2n) is 5.97. The number of halogens is 3. The van der Waals surface area contributed by atoms with Crippen LogP contribution in [-0.2, 0) is 15.4 Å². The largest absolute Gasteiger partial charge is 0.386 e. The van der Waals surface area contributed by atoms with Crippen molar-refractivity contribution in [2.45, 2.75) is 35.3 Å². The third-order valence-electron chi connectivity index (χ3n) is 4.87. The molecule has 2 aliphatic heterocycles. The number of sulfone groups is 1. The molecule has 0 saturated carbocycles. The first-order valence-corrected chi connectivity index (χ1v) is 9.14. The first kappa shape index (κ1) is 15.9. The summed E-state index contributed by atoms with van der Waals surface area (Å²) >= 11 is 3.25. The fraction of sp³-hybridized carbons (Fsp3) is 0.500. The molecule has 2 heterocycles. The first-order chi connectivity index (χ1) is 10.2. The maximum absolute atomic E-state index is 14.3. The van der Waals surface area contributed by atoms with E-state index in [0.29, 0.717) is 4.47 Å². The number of hydrogen-bond acceptors (Lipinski definition) is 4. The van der Waals surface area contributed by atoms with Gasteiger partial charge in [0.25, 0.3) is 0 Å². The minimum absolute atomic E-state index is 0.0804. The summed E-state index contributed by atoms with van der Waals surface area (Å²) < 4.78 is 52.2. The molecule has 2 N–H and O–H groups in total. The quantitative estimate of drug-likeness (QED) is 0.839. The van der Waals surface area contributed by atoms with Crippen molar-refractivity contribution >= 4 is 31.6 Å². The summed E-state index contributed by atoms with van der Waals surface area (Å²) in [6, 6.07) is 4.27. The monoisotopic (exact) mass is 392 g/mol. The molecule has 0 radical (unpaired) electrons. The Bertz CT molecular complexity index is 783. The summed E-state index contributed by atoms with van der Waals surface area (Å²) in [5.41, 5.74) is 4.63. The normalized spacial score (nSPS) is 36.2. The Hall–Kier alpha value is -1.02. The van der Waals surface area contributed by atoms with Crippen molar-refractivity contribution < 1.29 is 17.2 Å². The Morgan fingerprint density at radius 2 is 2.18 bits per heavy atom. The van der Waals surface area contributed by atoms with E-state index in [4.69, 9.17) is 5.73 Å². The summed E-state index contributed by atoms with van der Waals surface area (Å²) in [4.78, 5) is 4.26. The number of alkyl halides is 1. The van der Waals surface area contributed by atoms with Gasteiger partial charge >= 0.3 is 0 Å². The topological polar surface area (TPSA) is 72.5 Å². The van der Waals surface area contributed by atoms with E-state index in [1.54, 1.807) is 6.92 Å². The van der Waals surface area contributed by atoms with Gasteiger partial charge in [-0.05, 0) is 38.0 Å². The van der Waals surface area contributed by atoms with E-state index in [9.17, 15) is 17.2 Å². The van der Waals surface area contributed by atoms with Gasteiger partial charge in [0.2, 0.25) is 0 Å². The van der Waals surface area contributed by atoms with Gasteiger partial charge in [0, 0.05) is 10.0 Å². The van der Waals surface area contributed by atoms with Gasteiger partial charge in [0.15, 0.2) is 14.6 Å². The summed E-state index contributed by atoms with van der Waals surface area (Å²) in [6.45, 7) is 0.443. The van der Waals surface area contributed by atoms with Gasteiger partial charge in [0.1, 0.15) is 23.9 Å². The van der Waals surface area contributed by atoms with Crippen molar-refractivity contribution in [2.75, 3.05) is 6.67 Å². The van der Waals surface area contributed by atoms with Crippen LogP contribution in [0.15, 0.2) is 27.7 Å². The molecule has 22 heavy (non-hydrogen) atoms. The highest BCUT2D eigenvalue weighted by Crippen LogP contribution is 2.51. The van der Waals surface area contributed by atoms with Crippen LogP contribution in [0.25, 0.3) is 0 Å². The van der Waals surface area contributed by atoms with Gasteiger partial charge in [-0.1, -0.05) is 15.9 Å². The van der Waals surface area contributed by atoms with Crippen molar-refractivity contribution in [2.24, 2.45) is 10.7 Å². The Balaban J connectivity index is 2.30. The molecule has 0 aliphatic carbocycles. The molecule has 8 heteroatoms. The van der Waals surface area contributed by atoms with Crippen LogP contribution in [0, 0.1) is 5.82 Å². The Morgan fingerprint density at radius 1 is 1.50 bits per heavy atom.